The molecule has 0 saturated heterocycles. The summed E-state index contributed by atoms with van der Waals surface area (Å²) < 4.78 is 0. The van der Waals surface area contributed by atoms with E-state index in [1.54, 1.807) is 0 Å². The van der Waals surface area contributed by atoms with Crippen LogP contribution >= 0.6 is 0 Å². The van der Waals surface area contributed by atoms with E-state index in [-0.39, 0.29) is 5.78 Å². The Balaban J connectivity index is 1.89. The first-order chi connectivity index (χ1) is 7.36. The third kappa shape index (κ3) is 2.66. The molecule has 0 aromatic heterocycles. The zero-order valence-electron chi connectivity index (χ0n) is 8.65. The number of aryl methyl sites for hydroxylation is 1. The molecule has 0 saturated carbocycles. The number of hydrogen-bond donors (Lipinski definition) is 0. The van der Waals surface area contributed by atoms with Crippen LogP contribution in [0.15, 0.2) is 54.1 Å². The van der Waals surface area contributed by atoms with E-state index in [9.17, 15) is 4.79 Å². The zero-order valence-corrected chi connectivity index (χ0v) is 8.65. The maximum Gasteiger partial charge on any atom is 0.162 e. The minimum atomic E-state index is 0.257. The van der Waals surface area contributed by atoms with Crippen LogP contribution in [0.2, 0.25) is 0 Å². The number of hydrogen-bond acceptors (Lipinski definition) is 1. The predicted octanol–water partition coefficient (Wildman–Crippen LogP) is 3.07. The van der Waals surface area contributed by atoms with Crippen molar-refractivity contribution in [3.05, 3.63) is 59.7 Å². The Morgan fingerprint density at radius 3 is 2.67 bits per heavy atom. The number of Topliss-reactive ketones (excluding diaryl/α,β-unsaturated/α-hetero) is 1. The van der Waals surface area contributed by atoms with Crippen LogP contribution in [0.5, 0.6) is 0 Å². The molecule has 0 spiro atoms. The van der Waals surface area contributed by atoms with Crippen molar-refractivity contribution >= 4 is 5.78 Å². The van der Waals surface area contributed by atoms with E-state index in [4.69, 9.17) is 0 Å². The highest BCUT2D eigenvalue weighted by molar-refractivity contribution is 5.98. The fourth-order valence-electron chi connectivity index (χ4n) is 1.71. The third-order valence-electron chi connectivity index (χ3n) is 2.58. The van der Waals surface area contributed by atoms with Gasteiger partial charge in [-0.15, -0.1) is 0 Å². The smallest absolute Gasteiger partial charge is 0.162 e. The van der Waals surface area contributed by atoms with Crippen molar-refractivity contribution in [2.75, 3.05) is 0 Å². The summed E-state index contributed by atoms with van der Waals surface area (Å²) in [5.41, 5.74) is 2.11. The molecule has 0 unspecified atom stereocenters. The molecular formula is C14H14O. The van der Waals surface area contributed by atoms with Crippen LogP contribution in [0.4, 0.5) is 0 Å². The van der Waals surface area contributed by atoms with Crippen LogP contribution in [0.1, 0.15) is 18.4 Å². The highest BCUT2D eigenvalue weighted by atomic mass is 16.1. The van der Waals surface area contributed by atoms with E-state index in [1.165, 1.54) is 5.56 Å². The summed E-state index contributed by atoms with van der Waals surface area (Å²) >= 11 is 0. The van der Waals surface area contributed by atoms with Gasteiger partial charge < -0.3 is 0 Å². The highest BCUT2D eigenvalue weighted by Gasteiger charge is 2.08. The maximum atomic E-state index is 11.7. The summed E-state index contributed by atoms with van der Waals surface area (Å²) in [7, 11) is 0. The standard InChI is InChI=1S/C14H14O/c15-14(13-8-4-5-9-13)11-10-12-6-2-1-3-7-12/h1-4,6-9H,5,10-11H2. The summed E-state index contributed by atoms with van der Waals surface area (Å²) in [6, 6.07) is 10.1. The van der Waals surface area contributed by atoms with E-state index >= 15 is 0 Å². The van der Waals surface area contributed by atoms with Gasteiger partial charge in [-0.25, -0.2) is 0 Å². The fraction of sp³-hybridized carbons (Fsp3) is 0.214. The molecule has 1 aliphatic carbocycles. The second kappa shape index (κ2) is 4.74. The molecule has 0 N–H and O–H groups in total. The molecule has 0 bridgehead atoms. The van der Waals surface area contributed by atoms with E-state index in [2.05, 4.69) is 12.1 Å². The van der Waals surface area contributed by atoms with Crippen molar-refractivity contribution in [2.24, 2.45) is 0 Å². The second-order valence-electron chi connectivity index (χ2n) is 3.71. The van der Waals surface area contributed by atoms with Crippen LogP contribution in [0, 0.1) is 0 Å². The van der Waals surface area contributed by atoms with Gasteiger partial charge in [-0.2, -0.15) is 0 Å². The van der Waals surface area contributed by atoms with Crippen molar-refractivity contribution in [3.63, 3.8) is 0 Å². The largest absolute Gasteiger partial charge is 0.294 e. The van der Waals surface area contributed by atoms with Gasteiger partial charge in [0, 0.05) is 12.0 Å². The van der Waals surface area contributed by atoms with Gasteiger partial charge in [0.1, 0.15) is 0 Å². The van der Waals surface area contributed by atoms with Crippen molar-refractivity contribution in [1.29, 1.82) is 0 Å². The van der Waals surface area contributed by atoms with Gasteiger partial charge in [-0.1, -0.05) is 48.6 Å². The van der Waals surface area contributed by atoms with Crippen molar-refractivity contribution in [3.8, 4) is 0 Å². The molecule has 1 aromatic rings. The Hall–Kier alpha value is -1.63. The topological polar surface area (TPSA) is 17.1 Å². The highest BCUT2D eigenvalue weighted by Crippen LogP contribution is 2.13. The average molecular weight is 198 g/mol. The van der Waals surface area contributed by atoms with E-state index in [1.807, 2.05) is 36.4 Å². The quantitative estimate of drug-likeness (QED) is 0.726. The van der Waals surface area contributed by atoms with Crippen LogP contribution < -0.4 is 0 Å². The molecule has 0 heterocycles. The van der Waals surface area contributed by atoms with Gasteiger partial charge in [0.15, 0.2) is 5.78 Å². The van der Waals surface area contributed by atoms with Crippen LogP contribution in [0.3, 0.4) is 0 Å². The lowest BCUT2D eigenvalue weighted by molar-refractivity contribution is -0.115. The number of ketones is 1. The van der Waals surface area contributed by atoms with Gasteiger partial charge in [0.05, 0.1) is 0 Å². The van der Waals surface area contributed by atoms with Gasteiger partial charge >= 0.3 is 0 Å². The minimum absolute atomic E-state index is 0.257. The molecule has 0 amide bonds. The minimum Gasteiger partial charge on any atom is -0.294 e. The van der Waals surface area contributed by atoms with Gasteiger partial charge in [-0.05, 0) is 18.4 Å². The zero-order chi connectivity index (χ0) is 10.5. The van der Waals surface area contributed by atoms with Gasteiger partial charge in [0.2, 0.25) is 0 Å². The first-order valence-corrected chi connectivity index (χ1v) is 5.30. The molecule has 0 atom stereocenters. The molecule has 15 heavy (non-hydrogen) atoms. The number of rotatable bonds is 4. The second-order valence-corrected chi connectivity index (χ2v) is 3.71. The molecule has 1 heteroatoms. The molecule has 0 radical (unpaired) electrons. The predicted molar refractivity (Wildman–Crippen MR) is 61.6 cm³/mol. The Morgan fingerprint density at radius 1 is 1.20 bits per heavy atom. The monoisotopic (exact) mass is 198 g/mol. The van der Waals surface area contributed by atoms with E-state index in [0.29, 0.717) is 6.42 Å². The van der Waals surface area contributed by atoms with Crippen molar-refractivity contribution in [2.45, 2.75) is 19.3 Å². The number of carbonyl (C=O) groups excluding carboxylic acids is 1. The Morgan fingerprint density at radius 2 is 2.00 bits per heavy atom. The molecule has 1 nitrogen and oxygen atoms in total. The van der Waals surface area contributed by atoms with Crippen molar-refractivity contribution in [1.82, 2.24) is 0 Å². The average Bonchev–Trinajstić information content (AvgIpc) is 2.81. The Bertz CT molecular complexity index is 399. The van der Waals surface area contributed by atoms with Gasteiger partial charge in [-0.3, -0.25) is 4.79 Å². The molecule has 0 fully saturated rings. The van der Waals surface area contributed by atoms with Gasteiger partial charge in [0.25, 0.3) is 0 Å². The lowest BCUT2D eigenvalue weighted by Gasteiger charge is -2.00. The summed E-state index contributed by atoms with van der Waals surface area (Å²) in [6.07, 6.45) is 8.30. The molecular weight excluding hydrogens is 184 g/mol. The van der Waals surface area contributed by atoms with E-state index < -0.39 is 0 Å². The van der Waals surface area contributed by atoms with Crippen LogP contribution in [-0.2, 0) is 11.2 Å². The van der Waals surface area contributed by atoms with Crippen LogP contribution in [0.25, 0.3) is 0 Å². The first-order valence-electron chi connectivity index (χ1n) is 5.30. The first kappa shape index (κ1) is 9.91. The number of benzene rings is 1. The number of allylic oxidation sites excluding steroid dienone is 4. The number of carbonyl (C=O) groups is 1. The third-order valence-corrected chi connectivity index (χ3v) is 2.58. The summed E-state index contributed by atoms with van der Waals surface area (Å²) in [5.74, 6) is 0.257. The summed E-state index contributed by atoms with van der Waals surface area (Å²) in [6.45, 7) is 0. The Labute approximate surface area is 90.1 Å². The normalized spacial score (nSPS) is 14.0. The lowest BCUT2D eigenvalue weighted by Crippen LogP contribution is -2.01. The lowest BCUT2D eigenvalue weighted by atomic mass is 10.0. The Kier molecular flexibility index (Phi) is 3.13. The van der Waals surface area contributed by atoms with Crippen molar-refractivity contribution < 1.29 is 4.79 Å². The fourth-order valence-corrected chi connectivity index (χ4v) is 1.71. The molecule has 2 rings (SSSR count). The molecule has 1 aromatic carbocycles. The summed E-state index contributed by atoms with van der Waals surface area (Å²) in [4.78, 5) is 11.7. The molecule has 76 valence electrons. The molecule has 1 aliphatic rings. The molecule has 0 aliphatic heterocycles. The van der Waals surface area contributed by atoms with Crippen LogP contribution in [-0.4, -0.2) is 5.78 Å². The SMILES string of the molecule is O=C(CCc1ccccc1)C1=CCC=C1. The maximum absolute atomic E-state index is 11.7. The summed E-state index contributed by atoms with van der Waals surface area (Å²) in [5, 5.41) is 0. The van der Waals surface area contributed by atoms with E-state index in [0.717, 1.165) is 18.4 Å².